The lowest BCUT2D eigenvalue weighted by Crippen LogP contribution is -2.47. The first-order valence-electron chi connectivity index (χ1n) is 5.97. The van der Waals surface area contributed by atoms with Crippen molar-refractivity contribution in [3.63, 3.8) is 0 Å². The zero-order valence-corrected chi connectivity index (χ0v) is 11.2. The number of anilines is 1. The summed E-state index contributed by atoms with van der Waals surface area (Å²) in [6, 6.07) is 3.22. The van der Waals surface area contributed by atoms with E-state index in [2.05, 4.69) is 5.32 Å². The summed E-state index contributed by atoms with van der Waals surface area (Å²) in [7, 11) is 0. The molecule has 0 radical (unpaired) electrons. The van der Waals surface area contributed by atoms with E-state index in [0.717, 1.165) is 5.56 Å². The number of benzene rings is 1. The number of urea groups is 1. The molecule has 0 aliphatic heterocycles. The van der Waals surface area contributed by atoms with Gasteiger partial charge in [0.1, 0.15) is 11.8 Å². The van der Waals surface area contributed by atoms with E-state index in [-0.39, 0.29) is 5.75 Å². The van der Waals surface area contributed by atoms with Crippen LogP contribution in [0.1, 0.15) is 19.4 Å². The van der Waals surface area contributed by atoms with E-state index >= 15 is 0 Å². The number of carbonyl (C=O) groups excluding carboxylic acids is 1. The van der Waals surface area contributed by atoms with Crippen molar-refractivity contribution >= 4 is 17.7 Å². The standard InChI is InChI=1S/C13H18N2O4/c1-4-15(13(19)14-9(3)12(17)18)11-7-10(16)6-5-8(11)2/h5-7,9,16H,4H2,1-3H3,(H,14,19)(H,17,18). The summed E-state index contributed by atoms with van der Waals surface area (Å²) in [5.74, 6) is -1.05. The molecule has 2 amide bonds. The SMILES string of the molecule is CCN(C(=O)NC(C)C(=O)O)c1cc(O)ccc1C. The second-order valence-electron chi connectivity index (χ2n) is 4.22. The van der Waals surface area contributed by atoms with Crippen molar-refractivity contribution in [2.24, 2.45) is 0 Å². The number of aryl methyl sites for hydroxylation is 1. The normalized spacial score (nSPS) is 11.7. The molecular formula is C13H18N2O4. The van der Waals surface area contributed by atoms with Crippen LogP contribution in [-0.4, -0.2) is 34.8 Å². The molecule has 104 valence electrons. The largest absolute Gasteiger partial charge is 0.508 e. The number of amides is 2. The molecule has 0 saturated carbocycles. The third-order valence-corrected chi connectivity index (χ3v) is 2.76. The van der Waals surface area contributed by atoms with Gasteiger partial charge in [0.15, 0.2) is 0 Å². The van der Waals surface area contributed by atoms with Gasteiger partial charge in [-0.05, 0) is 32.4 Å². The van der Waals surface area contributed by atoms with Crippen LogP contribution in [-0.2, 0) is 4.79 Å². The van der Waals surface area contributed by atoms with Crippen LogP contribution in [0.2, 0.25) is 0 Å². The van der Waals surface area contributed by atoms with Crippen LogP contribution in [0.15, 0.2) is 18.2 Å². The number of carbonyl (C=O) groups is 2. The fourth-order valence-corrected chi connectivity index (χ4v) is 1.64. The molecule has 6 nitrogen and oxygen atoms in total. The lowest BCUT2D eigenvalue weighted by molar-refractivity contribution is -0.138. The predicted molar refractivity (Wildman–Crippen MR) is 71.5 cm³/mol. The Morgan fingerprint density at radius 3 is 2.58 bits per heavy atom. The molecule has 0 saturated heterocycles. The van der Waals surface area contributed by atoms with E-state index in [1.807, 2.05) is 6.92 Å². The topological polar surface area (TPSA) is 89.9 Å². The maximum Gasteiger partial charge on any atom is 0.325 e. The van der Waals surface area contributed by atoms with Gasteiger partial charge in [-0.3, -0.25) is 9.69 Å². The number of nitrogens with zero attached hydrogens (tertiary/aromatic N) is 1. The Labute approximate surface area is 111 Å². The molecule has 6 heteroatoms. The summed E-state index contributed by atoms with van der Waals surface area (Å²) in [6.45, 7) is 5.34. The van der Waals surface area contributed by atoms with Crippen LogP contribution >= 0.6 is 0 Å². The molecule has 1 atom stereocenters. The molecule has 1 unspecified atom stereocenters. The van der Waals surface area contributed by atoms with Crippen LogP contribution in [0, 0.1) is 6.92 Å². The minimum Gasteiger partial charge on any atom is -0.508 e. The van der Waals surface area contributed by atoms with Crippen molar-refractivity contribution in [3.8, 4) is 5.75 Å². The highest BCUT2D eigenvalue weighted by Gasteiger charge is 2.20. The van der Waals surface area contributed by atoms with Gasteiger partial charge in [0, 0.05) is 12.6 Å². The average molecular weight is 266 g/mol. The quantitative estimate of drug-likeness (QED) is 0.773. The highest BCUT2D eigenvalue weighted by atomic mass is 16.4. The lowest BCUT2D eigenvalue weighted by Gasteiger charge is -2.24. The molecule has 0 aliphatic carbocycles. The number of carboxylic acids is 1. The summed E-state index contributed by atoms with van der Waals surface area (Å²) in [5, 5.41) is 20.6. The van der Waals surface area contributed by atoms with Crippen molar-refractivity contribution in [2.75, 3.05) is 11.4 Å². The summed E-state index contributed by atoms with van der Waals surface area (Å²) in [4.78, 5) is 24.1. The van der Waals surface area contributed by atoms with Crippen LogP contribution in [0.4, 0.5) is 10.5 Å². The number of nitrogens with one attached hydrogen (secondary N) is 1. The van der Waals surface area contributed by atoms with Crippen LogP contribution in [0.25, 0.3) is 0 Å². The van der Waals surface area contributed by atoms with Crippen LogP contribution in [0.5, 0.6) is 5.75 Å². The van der Waals surface area contributed by atoms with Gasteiger partial charge in [-0.1, -0.05) is 6.07 Å². The Balaban J connectivity index is 2.97. The van der Waals surface area contributed by atoms with E-state index in [0.29, 0.717) is 12.2 Å². The van der Waals surface area contributed by atoms with Gasteiger partial charge in [-0.25, -0.2) is 4.79 Å². The lowest BCUT2D eigenvalue weighted by atomic mass is 10.1. The minimum atomic E-state index is -1.10. The Morgan fingerprint density at radius 1 is 1.42 bits per heavy atom. The zero-order chi connectivity index (χ0) is 14.6. The number of phenols is 1. The number of hydrogen-bond acceptors (Lipinski definition) is 3. The molecule has 1 aromatic rings. The number of phenolic OH excluding ortho intramolecular Hbond substituents is 1. The van der Waals surface area contributed by atoms with E-state index in [1.54, 1.807) is 13.0 Å². The molecule has 0 aromatic heterocycles. The number of carboxylic acid groups (broad SMARTS) is 1. The molecule has 1 aromatic carbocycles. The fourth-order valence-electron chi connectivity index (χ4n) is 1.64. The van der Waals surface area contributed by atoms with Gasteiger partial charge in [0.05, 0.1) is 5.69 Å². The highest BCUT2D eigenvalue weighted by molar-refractivity contribution is 5.95. The Bertz CT molecular complexity index is 488. The Hall–Kier alpha value is -2.24. The predicted octanol–water partition coefficient (Wildman–Crippen LogP) is 1.71. The second-order valence-corrected chi connectivity index (χ2v) is 4.22. The van der Waals surface area contributed by atoms with Gasteiger partial charge in [0.25, 0.3) is 0 Å². The summed E-state index contributed by atoms with van der Waals surface area (Å²) in [6.07, 6.45) is 0. The first-order chi connectivity index (χ1) is 8.86. The third kappa shape index (κ3) is 3.61. The van der Waals surface area contributed by atoms with Crippen molar-refractivity contribution in [3.05, 3.63) is 23.8 Å². The van der Waals surface area contributed by atoms with Gasteiger partial charge in [-0.2, -0.15) is 0 Å². The van der Waals surface area contributed by atoms with Gasteiger partial charge < -0.3 is 15.5 Å². The molecule has 0 fully saturated rings. The summed E-state index contributed by atoms with van der Waals surface area (Å²) in [5.41, 5.74) is 1.37. The smallest absolute Gasteiger partial charge is 0.325 e. The molecule has 19 heavy (non-hydrogen) atoms. The van der Waals surface area contributed by atoms with Crippen LogP contribution < -0.4 is 10.2 Å². The fraction of sp³-hybridized carbons (Fsp3) is 0.385. The van der Waals surface area contributed by atoms with Gasteiger partial charge >= 0.3 is 12.0 Å². The van der Waals surface area contributed by atoms with Crippen LogP contribution in [0.3, 0.4) is 0 Å². The maximum atomic E-state index is 12.0. The molecule has 3 N–H and O–H groups in total. The van der Waals surface area contributed by atoms with Crippen molar-refractivity contribution in [2.45, 2.75) is 26.8 Å². The average Bonchev–Trinajstić information content (AvgIpc) is 2.34. The first kappa shape index (κ1) is 14.8. The first-order valence-corrected chi connectivity index (χ1v) is 5.97. The van der Waals surface area contributed by atoms with Crippen molar-refractivity contribution in [1.29, 1.82) is 0 Å². The molecule has 0 heterocycles. The van der Waals surface area contributed by atoms with Crippen molar-refractivity contribution < 1.29 is 19.8 Å². The number of aromatic hydroxyl groups is 1. The minimum absolute atomic E-state index is 0.0538. The Morgan fingerprint density at radius 2 is 2.05 bits per heavy atom. The van der Waals surface area contributed by atoms with E-state index < -0.39 is 18.0 Å². The zero-order valence-electron chi connectivity index (χ0n) is 11.2. The van der Waals surface area contributed by atoms with Crippen molar-refractivity contribution in [1.82, 2.24) is 5.32 Å². The molecule has 0 bridgehead atoms. The Kier molecular flexibility index (Phi) is 4.74. The number of aliphatic carboxylic acids is 1. The van der Waals surface area contributed by atoms with Gasteiger partial charge in [0.2, 0.25) is 0 Å². The molecule has 0 spiro atoms. The number of rotatable bonds is 4. The van der Waals surface area contributed by atoms with E-state index in [4.69, 9.17) is 5.11 Å². The summed E-state index contributed by atoms with van der Waals surface area (Å²) >= 11 is 0. The highest BCUT2D eigenvalue weighted by Crippen LogP contribution is 2.24. The summed E-state index contributed by atoms with van der Waals surface area (Å²) < 4.78 is 0. The second kappa shape index (κ2) is 6.08. The van der Waals surface area contributed by atoms with E-state index in [1.165, 1.54) is 24.0 Å². The molecule has 1 rings (SSSR count). The van der Waals surface area contributed by atoms with E-state index in [9.17, 15) is 14.7 Å². The monoisotopic (exact) mass is 266 g/mol. The third-order valence-electron chi connectivity index (χ3n) is 2.76. The van der Waals surface area contributed by atoms with Gasteiger partial charge in [-0.15, -0.1) is 0 Å². The molecular weight excluding hydrogens is 248 g/mol. The maximum absolute atomic E-state index is 12.0. The molecule has 0 aliphatic rings. The number of hydrogen-bond donors (Lipinski definition) is 3.